The molecule has 1 fully saturated rings. The Kier molecular flexibility index (Phi) is 3.65. The smallest absolute Gasteiger partial charge is 0.121 e. The van der Waals surface area contributed by atoms with Crippen LogP contribution < -0.4 is 10.1 Å². The van der Waals surface area contributed by atoms with Crippen molar-refractivity contribution in [3.8, 4) is 5.75 Å². The van der Waals surface area contributed by atoms with Gasteiger partial charge in [0, 0.05) is 30.2 Å². The van der Waals surface area contributed by atoms with Gasteiger partial charge in [0.2, 0.25) is 0 Å². The van der Waals surface area contributed by atoms with Gasteiger partial charge in [-0.1, -0.05) is 6.07 Å². The highest BCUT2D eigenvalue weighted by molar-refractivity contribution is 5.79. The van der Waals surface area contributed by atoms with E-state index >= 15 is 0 Å². The lowest BCUT2D eigenvalue weighted by atomic mass is 10.2. The van der Waals surface area contributed by atoms with Crippen molar-refractivity contribution in [2.24, 2.45) is 5.92 Å². The molecule has 1 unspecified atom stereocenters. The predicted octanol–water partition coefficient (Wildman–Crippen LogP) is 3.00. The van der Waals surface area contributed by atoms with Crippen LogP contribution >= 0.6 is 0 Å². The summed E-state index contributed by atoms with van der Waals surface area (Å²) in [6.45, 7) is 3.87. The Labute approximate surface area is 114 Å². The average Bonchev–Trinajstić information content (AvgIpc) is 3.28. The first-order valence-electron chi connectivity index (χ1n) is 7.04. The molecule has 2 aromatic rings. The van der Waals surface area contributed by atoms with E-state index in [1.165, 1.54) is 12.8 Å². The standard InChI is InChI=1S/C16H20N2O/c1-12(13-4-5-13)17-9-10-19-15-7-6-14-3-2-8-18-16(14)11-15/h2-3,6-8,11-13,17H,4-5,9-10H2,1H3. The summed E-state index contributed by atoms with van der Waals surface area (Å²) < 4.78 is 5.76. The van der Waals surface area contributed by atoms with Gasteiger partial charge < -0.3 is 10.1 Å². The number of rotatable bonds is 6. The maximum atomic E-state index is 5.76. The van der Waals surface area contributed by atoms with Crippen molar-refractivity contribution in [2.45, 2.75) is 25.8 Å². The maximum absolute atomic E-state index is 5.76. The molecule has 1 aromatic heterocycles. The first-order valence-corrected chi connectivity index (χ1v) is 7.04. The van der Waals surface area contributed by atoms with E-state index in [0.29, 0.717) is 12.6 Å². The van der Waals surface area contributed by atoms with Crippen molar-refractivity contribution in [1.29, 1.82) is 0 Å². The van der Waals surface area contributed by atoms with Crippen LogP contribution in [0.15, 0.2) is 36.5 Å². The van der Waals surface area contributed by atoms with E-state index in [2.05, 4.69) is 29.4 Å². The molecule has 1 saturated carbocycles. The third-order valence-electron chi connectivity index (χ3n) is 3.74. The van der Waals surface area contributed by atoms with Crippen LogP contribution in [0.1, 0.15) is 19.8 Å². The molecule has 0 radical (unpaired) electrons. The molecule has 1 atom stereocenters. The Balaban J connectivity index is 1.50. The average molecular weight is 256 g/mol. The molecule has 0 aliphatic heterocycles. The molecule has 3 rings (SSSR count). The van der Waals surface area contributed by atoms with Crippen LogP contribution in [-0.4, -0.2) is 24.2 Å². The lowest BCUT2D eigenvalue weighted by Gasteiger charge is -2.13. The van der Waals surface area contributed by atoms with Gasteiger partial charge in [-0.3, -0.25) is 4.98 Å². The van der Waals surface area contributed by atoms with E-state index in [1.54, 1.807) is 0 Å². The Morgan fingerprint density at radius 2 is 2.26 bits per heavy atom. The molecule has 1 aliphatic rings. The van der Waals surface area contributed by atoms with Gasteiger partial charge in [-0.2, -0.15) is 0 Å². The van der Waals surface area contributed by atoms with Crippen LogP contribution in [0.2, 0.25) is 0 Å². The van der Waals surface area contributed by atoms with Gasteiger partial charge in [-0.15, -0.1) is 0 Å². The zero-order valence-electron chi connectivity index (χ0n) is 11.3. The summed E-state index contributed by atoms with van der Waals surface area (Å²) in [6.07, 6.45) is 4.57. The number of hydrogen-bond acceptors (Lipinski definition) is 3. The van der Waals surface area contributed by atoms with Gasteiger partial charge in [-0.25, -0.2) is 0 Å². The Bertz CT molecular complexity index is 551. The zero-order valence-corrected chi connectivity index (χ0v) is 11.3. The minimum atomic E-state index is 0.627. The molecule has 1 aliphatic carbocycles. The molecule has 3 heteroatoms. The van der Waals surface area contributed by atoms with Crippen LogP contribution in [0.5, 0.6) is 5.75 Å². The van der Waals surface area contributed by atoms with E-state index in [1.807, 2.05) is 24.4 Å². The number of nitrogens with zero attached hydrogens (tertiary/aromatic N) is 1. The van der Waals surface area contributed by atoms with Gasteiger partial charge >= 0.3 is 0 Å². The monoisotopic (exact) mass is 256 g/mol. The van der Waals surface area contributed by atoms with Crippen LogP contribution in [0.3, 0.4) is 0 Å². The van der Waals surface area contributed by atoms with E-state index in [-0.39, 0.29) is 0 Å². The number of aromatic nitrogens is 1. The molecular formula is C16H20N2O. The lowest BCUT2D eigenvalue weighted by molar-refractivity contribution is 0.303. The highest BCUT2D eigenvalue weighted by Gasteiger charge is 2.27. The number of benzene rings is 1. The molecule has 1 aromatic carbocycles. The molecule has 0 spiro atoms. The number of fused-ring (bicyclic) bond motifs is 1. The van der Waals surface area contributed by atoms with Crippen molar-refractivity contribution in [3.05, 3.63) is 36.5 Å². The predicted molar refractivity (Wildman–Crippen MR) is 77.4 cm³/mol. The minimum Gasteiger partial charge on any atom is -0.492 e. The quantitative estimate of drug-likeness (QED) is 0.807. The Morgan fingerprint density at radius 3 is 3.11 bits per heavy atom. The van der Waals surface area contributed by atoms with Gasteiger partial charge in [0.05, 0.1) is 5.52 Å². The summed E-state index contributed by atoms with van der Waals surface area (Å²) in [7, 11) is 0. The lowest BCUT2D eigenvalue weighted by Crippen LogP contribution is -2.31. The molecule has 1 N–H and O–H groups in total. The van der Waals surface area contributed by atoms with Gasteiger partial charge in [0.15, 0.2) is 0 Å². The maximum Gasteiger partial charge on any atom is 0.121 e. The largest absolute Gasteiger partial charge is 0.492 e. The summed E-state index contributed by atoms with van der Waals surface area (Å²) >= 11 is 0. The minimum absolute atomic E-state index is 0.627. The first kappa shape index (κ1) is 12.4. The molecule has 100 valence electrons. The fourth-order valence-corrected chi connectivity index (χ4v) is 2.35. The van der Waals surface area contributed by atoms with Crippen molar-refractivity contribution in [1.82, 2.24) is 10.3 Å². The topological polar surface area (TPSA) is 34.1 Å². The highest BCUT2D eigenvalue weighted by atomic mass is 16.5. The molecule has 0 bridgehead atoms. The number of pyridine rings is 1. The number of hydrogen-bond donors (Lipinski definition) is 1. The third-order valence-corrected chi connectivity index (χ3v) is 3.74. The van der Waals surface area contributed by atoms with Gasteiger partial charge in [0.1, 0.15) is 12.4 Å². The molecule has 0 saturated heterocycles. The fraction of sp³-hybridized carbons (Fsp3) is 0.438. The molecule has 19 heavy (non-hydrogen) atoms. The van der Waals surface area contributed by atoms with Crippen molar-refractivity contribution in [3.63, 3.8) is 0 Å². The van der Waals surface area contributed by atoms with Crippen molar-refractivity contribution >= 4 is 10.9 Å². The van der Waals surface area contributed by atoms with Gasteiger partial charge in [0.25, 0.3) is 0 Å². The van der Waals surface area contributed by atoms with E-state index in [4.69, 9.17) is 4.74 Å². The highest BCUT2D eigenvalue weighted by Crippen LogP contribution is 2.32. The summed E-state index contributed by atoms with van der Waals surface area (Å²) in [6, 6.07) is 10.7. The molecule has 1 heterocycles. The summed E-state index contributed by atoms with van der Waals surface area (Å²) in [5, 5.41) is 4.66. The van der Waals surface area contributed by atoms with Crippen molar-refractivity contribution < 1.29 is 4.74 Å². The van der Waals surface area contributed by atoms with E-state index < -0.39 is 0 Å². The first-order chi connectivity index (χ1) is 9.33. The van der Waals surface area contributed by atoms with Crippen molar-refractivity contribution in [2.75, 3.05) is 13.2 Å². The summed E-state index contributed by atoms with van der Waals surface area (Å²) in [5.74, 6) is 1.79. The molecular weight excluding hydrogens is 236 g/mol. The second-order valence-corrected chi connectivity index (χ2v) is 5.29. The normalized spacial score (nSPS) is 16.5. The van der Waals surface area contributed by atoms with Crippen LogP contribution in [0, 0.1) is 5.92 Å². The zero-order chi connectivity index (χ0) is 13.1. The Hall–Kier alpha value is -1.61. The van der Waals surface area contributed by atoms with E-state index in [0.717, 1.165) is 29.1 Å². The molecule has 0 amide bonds. The second-order valence-electron chi connectivity index (χ2n) is 5.29. The SMILES string of the molecule is CC(NCCOc1ccc2cccnc2c1)C1CC1. The number of nitrogens with one attached hydrogen (secondary N) is 1. The summed E-state index contributed by atoms with van der Waals surface area (Å²) in [4.78, 5) is 4.33. The van der Waals surface area contributed by atoms with E-state index in [9.17, 15) is 0 Å². The third kappa shape index (κ3) is 3.24. The summed E-state index contributed by atoms with van der Waals surface area (Å²) in [5.41, 5.74) is 0.985. The Morgan fingerprint density at radius 1 is 1.37 bits per heavy atom. The van der Waals surface area contributed by atoms with Crippen LogP contribution in [0.25, 0.3) is 10.9 Å². The number of ether oxygens (including phenoxy) is 1. The van der Waals surface area contributed by atoms with Crippen LogP contribution in [-0.2, 0) is 0 Å². The fourth-order valence-electron chi connectivity index (χ4n) is 2.35. The second kappa shape index (κ2) is 5.57. The van der Waals surface area contributed by atoms with Gasteiger partial charge in [-0.05, 0) is 43.9 Å². The molecule has 3 nitrogen and oxygen atoms in total. The van der Waals surface area contributed by atoms with Crippen LogP contribution in [0.4, 0.5) is 0 Å².